The molecule has 2 N–H and O–H groups in total. The van der Waals surface area contributed by atoms with E-state index in [1.165, 1.54) is 5.56 Å². The average Bonchev–Trinajstić information content (AvgIpc) is 3.05. The van der Waals surface area contributed by atoms with Gasteiger partial charge in [-0.1, -0.05) is 41.8 Å². The highest BCUT2D eigenvalue weighted by Gasteiger charge is 2.22. The van der Waals surface area contributed by atoms with E-state index in [2.05, 4.69) is 33.9 Å². The van der Waals surface area contributed by atoms with Crippen LogP contribution in [-0.2, 0) is 0 Å². The van der Waals surface area contributed by atoms with Crippen molar-refractivity contribution in [1.29, 1.82) is 0 Å². The Balaban J connectivity index is 2.15. The Bertz CT molecular complexity index is 468. The number of aromatic nitrogens is 2. The molecular formula is C11H15N3S4. The molecule has 0 amide bonds. The van der Waals surface area contributed by atoms with Gasteiger partial charge in [-0.2, -0.15) is 11.3 Å². The predicted octanol–water partition coefficient (Wildman–Crippen LogP) is 3.89. The lowest BCUT2D eigenvalue weighted by atomic mass is 10.1. The lowest BCUT2D eigenvalue weighted by Gasteiger charge is -2.20. The lowest BCUT2D eigenvalue weighted by Crippen LogP contribution is -2.25. The van der Waals surface area contributed by atoms with Gasteiger partial charge in [0.25, 0.3) is 0 Å². The van der Waals surface area contributed by atoms with Crippen LogP contribution in [-0.4, -0.2) is 22.5 Å². The van der Waals surface area contributed by atoms with Gasteiger partial charge >= 0.3 is 0 Å². The van der Waals surface area contributed by atoms with Crippen molar-refractivity contribution in [1.82, 2.24) is 10.2 Å². The SMILES string of the molecule is CCC(N)C(Sc1nnc(SC)s1)c1ccsc1. The van der Waals surface area contributed by atoms with Crippen LogP contribution in [0.25, 0.3) is 0 Å². The zero-order valence-corrected chi connectivity index (χ0v) is 13.5. The van der Waals surface area contributed by atoms with Crippen molar-refractivity contribution < 1.29 is 0 Å². The molecule has 0 aromatic carbocycles. The van der Waals surface area contributed by atoms with Gasteiger partial charge in [-0.15, -0.1) is 10.2 Å². The number of rotatable bonds is 6. The largest absolute Gasteiger partial charge is 0.326 e. The van der Waals surface area contributed by atoms with Crippen LogP contribution in [0.1, 0.15) is 24.2 Å². The van der Waals surface area contributed by atoms with Crippen LogP contribution in [0.15, 0.2) is 25.5 Å². The van der Waals surface area contributed by atoms with E-state index in [1.54, 1.807) is 46.2 Å². The minimum absolute atomic E-state index is 0.145. The summed E-state index contributed by atoms with van der Waals surface area (Å²) in [6, 6.07) is 2.29. The molecule has 0 radical (unpaired) electrons. The molecule has 0 saturated carbocycles. The molecule has 0 aliphatic heterocycles. The summed E-state index contributed by atoms with van der Waals surface area (Å²) >= 11 is 6.71. The summed E-state index contributed by atoms with van der Waals surface area (Å²) in [4.78, 5) is 0. The van der Waals surface area contributed by atoms with Crippen LogP contribution >= 0.6 is 46.2 Å². The number of thioether (sulfide) groups is 2. The maximum Gasteiger partial charge on any atom is 0.175 e. The fraction of sp³-hybridized carbons (Fsp3) is 0.455. The Kier molecular flexibility index (Phi) is 5.50. The maximum absolute atomic E-state index is 6.23. The standard InChI is InChI=1S/C11H15N3S4/c1-3-8(12)9(7-4-5-16-6-7)17-11-14-13-10(15-2)18-11/h4-6,8-9H,3,12H2,1-2H3. The van der Waals surface area contributed by atoms with Gasteiger partial charge in [0.05, 0.1) is 5.25 Å². The van der Waals surface area contributed by atoms with E-state index in [1.807, 2.05) is 6.26 Å². The molecule has 0 saturated heterocycles. The van der Waals surface area contributed by atoms with Crippen LogP contribution in [0, 0.1) is 0 Å². The summed E-state index contributed by atoms with van der Waals surface area (Å²) in [5, 5.41) is 12.9. The monoisotopic (exact) mass is 317 g/mol. The second kappa shape index (κ2) is 6.91. The first-order valence-corrected chi connectivity index (χ1v) is 9.42. The van der Waals surface area contributed by atoms with Crippen LogP contribution in [0.3, 0.4) is 0 Å². The van der Waals surface area contributed by atoms with Gasteiger partial charge in [0.15, 0.2) is 8.68 Å². The zero-order valence-electron chi connectivity index (χ0n) is 10.2. The third-order valence-corrected chi connectivity index (χ3v) is 6.61. The highest BCUT2D eigenvalue weighted by atomic mass is 32.2. The molecule has 2 atom stereocenters. The van der Waals surface area contributed by atoms with Crippen LogP contribution < -0.4 is 5.73 Å². The van der Waals surface area contributed by atoms with Gasteiger partial charge in [-0.05, 0) is 35.1 Å². The van der Waals surface area contributed by atoms with Gasteiger partial charge < -0.3 is 5.73 Å². The molecule has 0 aliphatic carbocycles. The average molecular weight is 318 g/mol. The summed E-state index contributed by atoms with van der Waals surface area (Å²) in [7, 11) is 0. The third kappa shape index (κ3) is 3.48. The summed E-state index contributed by atoms with van der Waals surface area (Å²) in [6.45, 7) is 2.12. The molecule has 2 unspecified atom stereocenters. The Hall–Kier alpha value is -0.0800. The van der Waals surface area contributed by atoms with Crippen molar-refractivity contribution >= 4 is 46.2 Å². The maximum atomic E-state index is 6.23. The van der Waals surface area contributed by atoms with E-state index in [-0.39, 0.29) is 11.3 Å². The lowest BCUT2D eigenvalue weighted by molar-refractivity contribution is 0.635. The highest BCUT2D eigenvalue weighted by Crippen LogP contribution is 2.40. The third-order valence-electron chi connectivity index (χ3n) is 2.52. The van der Waals surface area contributed by atoms with E-state index in [9.17, 15) is 0 Å². The van der Waals surface area contributed by atoms with Crippen LogP contribution in [0.2, 0.25) is 0 Å². The fourth-order valence-electron chi connectivity index (χ4n) is 1.49. The fourth-order valence-corrected chi connectivity index (χ4v) is 5.13. The second-order valence-electron chi connectivity index (χ2n) is 3.71. The number of nitrogens with two attached hydrogens (primary N) is 1. The number of hydrogen-bond acceptors (Lipinski definition) is 7. The van der Waals surface area contributed by atoms with Gasteiger partial charge in [0, 0.05) is 6.04 Å². The van der Waals surface area contributed by atoms with Gasteiger partial charge in [0.1, 0.15) is 0 Å². The molecule has 2 aromatic heterocycles. The number of nitrogens with zero attached hydrogens (tertiary/aromatic N) is 2. The van der Waals surface area contributed by atoms with E-state index in [0.29, 0.717) is 0 Å². The summed E-state index contributed by atoms with van der Waals surface area (Å²) in [5.74, 6) is 0. The van der Waals surface area contributed by atoms with E-state index < -0.39 is 0 Å². The molecule has 2 heterocycles. The summed E-state index contributed by atoms with van der Waals surface area (Å²) < 4.78 is 2.01. The Morgan fingerprint density at radius 2 is 2.17 bits per heavy atom. The normalized spacial score (nSPS) is 14.6. The number of hydrogen-bond donors (Lipinski definition) is 1. The highest BCUT2D eigenvalue weighted by molar-refractivity contribution is 8.03. The molecule has 18 heavy (non-hydrogen) atoms. The topological polar surface area (TPSA) is 51.8 Å². The molecule has 2 rings (SSSR count). The molecule has 7 heteroatoms. The van der Waals surface area contributed by atoms with Crippen molar-refractivity contribution in [2.45, 2.75) is 33.3 Å². The molecule has 0 aliphatic rings. The molecule has 2 aromatic rings. The first-order chi connectivity index (χ1) is 8.74. The van der Waals surface area contributed by atoms with Crippen molar-refractivity contribution in [3.05, 3.63) is 22.4 Å². The zero-order chi connectivity index (χ0) is 13.0. The van der Waals surface area contributed by atoms with Crippen molar-refractivity contribution in [2.75, 3.05) is 6.26 Å². The quantitative estimate of drug-likeness (QED) is 0.819. The van der Waals surface area contributed by atoms with Gasteiger partial charge in [-0.25, -0.2) is 0 Å². The van der Waals surface area contributed by atoms with Crippen LogP contribution in [0.5, 0.6) is 0 Å². The van der Waals surface area contributed by atoms with Crippen molar-refractivity contribution in [3.8, 4) is 0 Å². The summed E-state index contributed by atoms with van der Waals surface area (Å²) in [6.07, 6.45) is 2.98. The van der Waals surface area contributed by atoms with Gasteiger partial charge in [-0.3, -0.25) is 0 Å². The number of thiophene rings is 1. The first kappa shape index (κ1) is 14.3. The van der Waals surface area contributed by atoms with E-state index in [4.69, 9.17) is 5.73 Å². The van der Waals surface area contributed by atoms with Crippen LogP contribution in [0.4, 0.5) is 0 Å². The summed E-state index contributed by atoms with van der Waals surface area (Å²) in [5.41, 5.74) is 7.52. The molecule has 98 valence electrons. The Morgan fingerprint density at radius 1 is 1.39 bits per heavy atom. The molecule has 0 spiro atoms. The Morgan fingerprint density at radius 3 is 2.72 bits per heavy atom. The molecule has 0 bridgehead atoms. The van der Waals surface area contributed by atoms with Crippen molar-refractivity contribution in [2.24, 2.45) is 5.73 Å². The minimum Gasteiger partial charge on any atom is -0.326 e. The predicted molar refractivity (Wildman–Crippen MR) is 82.9 cm³/mol. The molecular weight excluding hydrogens is 302 g/mol. The van der Waals surface area contributed by atoms with Crippen molar-refractivity contribution in [3.63, 3.8) is 0 Å². The smallest absolute Gasteiger partial charge is 0.175 e. The minimum atomic E-state index is 0.145. The first-order valence-electron chi connectivity index (χ1n) is 5.56. The second-order valence-corrected chi connectivity index (χ2v) is 7.90. The van der Waals surface area contributed by atoms with Gasteiger partial charge in [0.2, 0.25) is 0 Å². The van der Waals surface area contributed by atoms with E-state index in [0.717, 1.165) is 15.1 Å². The molecule has 3 nitrogen and oxygen atoms in total. The Labute approximate surface area is 124 Å². The van der Waals surface area contributed by atoms with E-state index >= 15 is 0 Å². The molecule has 0 fully saturated rings.